The van der Waals surface area contributed by atoms with Crippen molar-refractivity contribution in [2.75, 3.05) is 26.7 Å². The van der Waals surface area contributed by atoms with Gasteiger partial charge >= 0.3 is 0 Å². The van der Waals surface area contributed by atoms with E-state index in [9.17, 15) is 0 Å². The lowest BCUT2D eigenvalue weighted by atomic mass is 10.8. The van der Waals surface area contributed by atoms with Gasteiger partial charge in [0.15, 0.2) is 0 Å². The molecule has 0 bridgehead atoms. The molecule has 0 aromatic rings. The summed E-state index contributed by atoms with van der Waals surface area (Å²) in [6, 6.07) is 3.33. The molecule has 0 fully saturated rings. The lowest BCUT2D eigenvalue weighted by Gasteiger charge is -2.51. The Morgan fingerprint density at radius 1 is 0.538 bits per heavy atom. The molecule has 8 heteroatoms. The van der Waals surface area contributed by atoms with Crippen molar-refractivity contribution in [3.05, 3.63) is 0 Å². The first-order valence-electron chi connectivity index (χ1n) is 9.67. The van der Waals surface area contributed by atoms with Gasteiger partial charge in [0, 0.05) is 36.5 Å². The van der Waals surface area contributed by atoms with Gasteiger partial charge in [0.05, 0.1) is 32.3 Å². The van der Waals surface area contributed by atoms with Gasteiger partial charge in [-0.1, -0.05) is 77.6 Å². The molecule has 0 aliphatic rings. The lowest BCUT2D eigenvalue weighted by molar-refractivity contribution is 1.21. The summed E-state index contributed by atoms with van der Waals surface area (Å²) in [6.45, 7) is 38.6. The smallest absolute Gasteiger partial charge is 0.125 e. The largest absolute Gasteiger partial charge is 0.168 e. The van der Waals surface area contributed by atoms with Crippen LogP contribution in [-0.4, -0.2) is 83.9 Å². The van der Waals surface area contributed by atoms with Crippen molar-refractivity contribution in [3.63, 3.8) is 0 Å². The van der Waals surface area contributed by atoms with Crippen molar-refractivity contribution < 1.29 is 0 Å². The van der Waals surface area contributed by atoms with E-state index in [4.69, 9.17) is 0 Å². The molecule has 0 heterocycles. The molecule has 0 aromatic heterocycles. The van der Waals surface area contributed by atoms with Crippen LogP contribution in [0.15, 0.2) is 0 Å². The van der Waals surface area contributed by atoms with Crippen LogP contribution in [0.4, 0.5) is 0 Å². The van der Waals surface area contributed by atoms with Crippen molar-refractivity contribution in [1.29, 1.82) is 0 Å². The van der Waals surface area contributed by atoms with E-state index in [-0.39, 0.29) is 0 Å². The Morgan fingerprint density at radius 3 is 0.846 bits per heavy atom. The minimum atomic E-state index is -1.12. The third-order valence-corrected chi connectivity index (χ3v) is 42.4. The van der Waals surface area contributed by atoms with Crippen LogP contribution in [0.3, 0.4) is 0 Å². The van der Waals surface area contributed by atoms with Crippen molar-refractivity contribution in [2.45, 2.75) is 87.4 Å². The van der Waals surface area contributed by atoms with Crippen molar-refractivity contribution in [2.24, 2.45) is 0 Å². The van der Waals surface area contributed by atoms with Crippen LogP contribution in [-0.2, 0) is 0 Å². The summed E-state index contributed by atoms with van der Waals surface area (Å²) in [7, 11) is -4.32. The van der Waals surface area contributed by atoms with E-state index < -0.39 is 46.6 Å². The molecule has 0 aromatic carbocycles. The second kappa shape index (κ2) is 8.54. The molecular formula is C18H54B2P2Si4. The Hall–Kier alpha value is 1.86. The van der Waals surface area contributed by atoms with Crippen molar-refractivity contribution >= 4 is 61.7 Å². The summed E-state index contributed by atoms with van der Waals surface area (Å²) >= 11 is 0. The van der Waals surface area contributed by atoms with Crippen LogP contribution >= 0.6 is 14.3 Å². The SMILES string of the molecule is [BH3-][P+](C)(C)C([Si](C)(C)C)[Si](C)(C)CC[Si](C)(C)C([Si](C)(C)C)[P+]([BH3-])(C)C. The van der Waals surface area contributed by atoms with Gasteiger partial charge < -0.3 is 0 Å². The van der Waals surface area contributed by atoms with E-state index >= 15 is 0 Å². The third-order valence-electron chi connectivity index (χ3n) is 5.57. The zero-order valence-electron chi connectivity index (χ0n) is 19.5. The molecule has 0 aliphatic heterocycles. The predicted molar refractivity (Wildman–Crippen MR) is 156 cm³/mol. The quantitative estimate of drug-likeness (QED) is 0.328. The summed E-state index contributed by atoms with van der Waals surface area (Å²) in [6.07, 6.45) is 0. The maximum Gasteiger partial charge on any atom is 0.125 e. The first kappa shape index (κ1) is 27.9. The molecular weight excluding hydrogens is 412 g/mol. The number of rotatable bonds is 9. The molecule has 0 saturated carbocycles. The first-order chi connectivity index (χ1) is 10.9. The summed E-state index contributed by atoms with van der Waals surface area (Å²) in [5.74, 6) is 0. The van der Waals surface area contributed by atoms with Crippen LogP contribution in [0.2, 0.25) is 77.6 Å². The van der Waals surface area contributed by atoms with E-state index in [1.54, 1.807) is 12.1 Å². The Balaban J connectivity index is 5.71. The van der Waals surface area contributed by atoms with Crippen LogP contribution in [0.1, 0.15) is 0 Å². The van der Waals surface area contributed by atoms with Gasteiger partial charge in [-0.2, -0.15) is 14.3 Å². The van der Waals surface area contributed by atoms with E-state index in [1.807, 2.05) is 0 Å². The topological polar surface area (TPSA) is 0 Å². The third kappa shape index (κ3) is 7.94. The number of hydrogen-bond donors (Lipinski definition) is 0. The van der Waals surface area contributed by atoms with Crippen molar-refractivity contribution in [1.82, 2.24) is 0 Å². The summed E-state index contributed by atoms with van der Waals surface area (Å²) < 4.78 is 0. The molecule has 0 saturated heterocycles. The highest BCUT2D eigenvalue weighted by atomic mass is 31.2. The Kier molecular flexibility index (Phi) is 9.15. The highest BCUT2D eigenvalue weighted by Gasteiger charge is 2.52. The van der Waals surface area contributed by atoms with Crippen LogP contribution in [0.25, 0.3) is 0 Å². The Bertz CT molecular complexity index is 398. The van der Waals surface area contributed by atoms with E-state index in [0.29, 0.717) is 15.1 Å². The standard InChI is InChI=1S/C18H54B2P2Si4/c1-21(2,19)17(23(5,6)7)25(11,12)15-16-26(13,14)18(22(3,4)20)24(8,9)10/h17-18H,15-16H2,1-14,19-20H3. The molecule has 0 nitrogen and oxygen atoms in total. The summed E-state index contributed by atoms with van der Waals surface area (Å²) in [5, 5.41) is 0. The molecule has 2 unspecified atom stereocenters. The normalized spacial score (nSPS) is 18.0. The molecule has 0 amide bonds. The molecule has 26 heavy (non-hydrogen) atoms. The van der Waals surface area contributed by atoms with Gasteiger partial charge in [0.1, 0.15) is 15.1 Å². The van der Waals surface area contributed by atoms with Crippen LogP contribution in [0.5, 0.6) is 0 Å². The molecule has 0 aliphatic carbocycles. The average Bonchev–Trinajstić information content (AvgIpc) is 2.15. The highest BCUT2D eigenvalue weighted by Crippen LogP contribution is 2.60. The second-order valence-electron chi connectivity index (χ2n) is 11.9. The summed E-state index contributed by atoms with van der Waals surface area (Å²) in [5.41, 5.74) is 0. The van der Waals surface area contributed by atoms with Gasteiger partial charge in [-0.3, -0.25) is 0 Å². The maximum absolute atomic E-state index is 2.82. The highest BCUT2D eigenvalue weighted by molar-refractivity contribution is 8.00. The monoisotopic (exact) mass is 466 g/mol. The fraction of sp³-hybridized carbons (Fsp3) is 1.00. The Labute approximate surface area is 175 Å². The zero-order chi connectivity index (χ0) is 21.6. The number of hydrogen-bond acceptors (Lipinski definition) is 0. The lowest BCUT2D eigenvalue weighted by Crippen LogP contribution is -2.59. The zero-order valence-corrected chi connectivity index (χ0v) is 25.3. The summed E-state index contributed by atoms with van der Waals surface area (Å²) in [4.78, 5) is 2.48. The van der Waals surface area contributed by atoms with Gasteiger partial charge in [-0.15, -0.1) is 0 Å². The average molecular weight is 467 g/mol. The van der Waals surface area contributed by atoms with Gasteiger partial charge in [-0.25, -0.2) is 0 Å². The van der Waals surface area contributed by atoms with E-state index in [0.717, 1.165) is 0 Å². The fourth-order valence-corrected chi connectivity index (χ4v) is 55.9. The van der Waals surface area contributed by atoms with Gasteiger partial charge in [0.2, 0.25) is 0 Å². The second-order valence-corrected chi connectivity index (χ2v) is 40.7. The maximum atomic E-state index is 2.82. The minimum absolute atomic E-state index is 0.520. The fourth-order valence-electron chi connectivity index (χ4n) is 6.21. The minimum Gasteiger partial charge on any atom is -0.168 e. The van der Waals surface area contributed by atoms with Gasteiger partial charge in [0.25, 0.3) is 0 Å². The predicted octanol–water partition coefficient (Wildman–Crippen LogP) is 5.09. The van der Waals surface area contributed by atoms with E-state index in [2.05, 4.69) is 92.1 Å². The molecule has 158 valence electrons. The van der Waals surface area contributed by atoms with E-state index in [1.165, 1.54) is 9.81 Å². The molecule has 0 rings (SSSR count). The Morgan fingerprint density at radius 2 is 0.731 bits per heavy atom. The van der Waals surface area contributed by atoms with Crippen LogP contribution < -0.4 is 0 Å². The molecule has 2 atom stereocenters. The molecule has 0 radical (unpaired) electrons. The first-order valence-corrected chi connectivity index (χ1v) is 28.0. The molecule has 0 N–H and O–H groups in total. The van der Waals surface area contributed by atoms with Crippen molar-refractivity contribution in [3.8, 4) is 0 Å². The van der Waals surface area contributed by atoms with Crippen LogP contribution in [0, 0.1) is 0 Å². The molecule has 0 spiro atoms. The van der Waals surface area contributed by atoms with Gasteiger partial charge in [-0.05, 0) is 0 Å².